The Kier molecular flexibility index (Phi) is 5.25. The number of carbonyl (C=O) groups excluding carboxylic acids is 2. The third-order valence-corrected chi connectivity index (χ3v) is 9.70. The summed E-state index contributed by atoms with van der Waals surface area (Å²) in [5.41, 5.74) is 0.591. The molecule has 0 aliphatic heterocycles. The van der Waals surface area contributed by atoms with Gasteiger partial charge in [0.15, 0.2) is 0 Å². The normalized spacial score (nSPS) is 45.7. The van der Waals surface area contributed by atoms with Crippen LogP contribution in [0.1, 0.15) is 78.6 Å². The lowest BCUT2D eigenvalue weighted by Gasteiger charge is -2.58. The minimum atomic E-state index is -0.0797. The molecule has 0 aromatic carbocycles. The first-order chi connectivity index (χ1) is 13.3. The van der Waals surface area contributed by atoms with E-state index in [4.69, 9.17) is 4.74 Å². The molecule has 0 bridgehead atoms. The maximum atomic E-state index is 12.1. The van der Waals surface area contributed by atoms with Crippen molar-refractivity contribution < 1.29 is 14.3 Å². The van der Waals surface area contributed by atoms with E-state index in [-0.39, 0.29) is 11.4 Å². The summed E-state index contributed by atoms with van der Waals surface area (Å²) >= 11 is 0. The van der Waals surface area contributed by atoms with Crippen LogP contribution in [0.25, 0.3) is 0 Å². The quantitative estimate of drug-likeness (QED) is 0.468. The van der Waals surface area contributed by atoms with E-state index in [0.717, 1.165) is 37.5 Å². The van der Waals surface area contributed by atoms with E-state index < -0.39 is 0 Å². The summed E-state index contributed by atoms with van der Waals surface area (Å²) in [5.74, 6) is 4.43. The van der Waals surface area contributed by atoms with Crippen molar-refractivity contribution in [1.29, 1.82) is 0 Å². The van der Waals surface area contributed by atoms with Crippen molar-refractivity contribution in [3.05, 3.63) is 12.2 Å². The van der Waals surface area contributed by atoms with Crippen LogP contribution in [0.2, 0.25) is 0 Å². The fraction of sp³-hybridized carbons (Fsp3) is 0.840. The predicted molar refractivity (Wildman–Crippen MR) is 111 cm³/mol. The largest absolute Gasteiger partial charge is 0.469 e. The molecule has 0 spiro atoms. The Labute approximate surface area is 170 Å². The van der Waals surface area contributed by atoms with Crippen molar-refractivity contribution in [3.8, 4) is 0 Å². The van der Waals surface area contributed by atoms with Gasteiger partial charge in [0.05, 0.1) is 7.11 Å². The Morgan fingerprint density at radius 1 is 1.25 bits per heavy atom. The molecule has 156 valence electrons. The van der Waals surface area contributed by atoms with Crippen molar-refractivity contribution >= 4 is 11.8 Å². The van der Waals surface area contributed by atoms with Gasteiger partial charge in [-0.3, -0.25) is 9.59 Å². The third kappa shape index (κ3) is 3.08. The topological polar surface area (TPSA) is 43.4 Å². The summed E-state index contributed by atoms with van der Waals surface area (Å²) in [4.78, 5) is 23.7. The van der Waals surface area contributed by atoms with Gasteiger partial charge < -0.3 is 4.74 Å². The van der Waals surface area contributed by atoms with Crippen LogP contribution in [0.15, 0.2) is 12.2 Å². The second kappa shape index (κ2) is 7.29. The first-order valence-electron chi connectivity index (χ1n) is 11.6. The zero-order valence-corrected chi connectivity index (χ0v) is 18.2. The van der Waals surface area contributed by atoms with Crippen LogP contribution in [-0.4, -0.2) is 18.9 Å². The second-order valence-corrected chi connectivity index (χ2v) is 10.8. The van der Waals surface area contributed by atoms with Gasteiger partial charge in [-0.15, -0.1) is 0 Å². The van der Waals surface area contributed by atoms with Crippen molar-refractivity contribution in [3.63, 3.8) is 0 Å². The van der Waals surface area contributed by atoms with Gasteiger partial charge in [-0.05, 0) is 84.9 Å². The number of carbonyl (C=O) groups is 2. The molecular formula is C25H38O3. The number of ether oxygens (including phenoxy) is 1. The Bertz CT molecular complexity index is 667. The molecule has 28 heavy (non-hydrogen) atoms. The summed E-state index contributed by atoms with van der Waals surface area (Å²) in [7, 11) is 1.49. The summed E-state index contributed by atoms with van der Waals surface area (Å²) in [6, 6.07) is 0. The van der Waals surface area contributed by atoms with Crippen LogP contribution in [0.3, 0.4) is 0 Å². The number of fused-ring (bicyclic) bond motifs is 5. The van der Waals surface area contributed by atoms with E-state index >= 15 is 0 Å². The molecule has 4 aliphatic carbocycles. The maximum absolute atomic E-state index is 12.1. The van der Waals surface area contributed by atoms with E-state index in [1.165, 1.54) is 32.8 Å². The maximum Gasteiger partial charge on any atom is 0.305 e. The molecular weight excluding hydrogens is 348 g/mol. The van der Waals surface area contributed by atoms with E-state index in [2.05, 4.69) is 32.9 Å². The molecule has 3 heteroatoms. The molecule has 3 fully saturated rings. The molecule has 3 saturated carbocycles. The summed E-state index contributed by atoms with van der Waals surface area (Å²) in [6.45, 7) is 7.32. The number of rotatable bonds is 4. The molecule has 8 atom stereocenters. The van der Waals surface area contributed by atoms with Gasteiger partial charge >= 0.3 is 5.97 Å². The minimum Gasteiger partial charge on any atom is -0.469 e. The zero-order chi connectivity index (χ0) is 20.1. The van der Waals surface area contributed by atoms with Crippen LogP contribution in [-0.2, 0) is 14.3 Å². The number of ketones is 1. The SMILES string of the molecule is COC(=O)CC[C@H](C)[C@H]1CC[C@H]2[C@@H]3CC[C@@H]4CC(=O)CC[C@]4(C)[C@H]3C=C[C@]12C. The predicted octanol–water partition coefficient (Wildman–Crippen LogP) is 5.58. The van der Waals surface area contributed by atoms with Gasteiger partial charge in [0.2, 0.25) is 0 Å². The molecule has 0 aromatic rings. The lowest BCUT2D eigenvalue weighted by molar-refractivity contribution is -0.141. The lowest BCUT2D eigenvalue weighted by Crippen LogP contribution is -2.51. The van der Waals surface area contributed by atoms with Crippen LogP contribution >= 0.6 is 0 Å². The van der Waals surface area contributed by atoms with Crippen LogP contribution in [0.4, 0.5) is 0 Å². The molecule has 0 amide bonds. The average Bonchev–Trinajstić information content (AvgIpc) is 3.03. The minimum absolute atomic E-state index is 0.0797. The van der Waals surface area contributed by atoms with Crippen molar-refractivity contribution in [2.45, 2.75) is 78.6 Å². The van der Waals surface area contributed by atoms with E-state index in [9.17, 15) is 9.59 Å². The number of hydrogen-bond donors (Lipinski definition) is 0. The Morgan fingerprint density at radius 3 is 2.79 bits per heavy atom. The molecule has 0 aromatic heterocycles. The van der Waals surface area contributed by atoms with Gasteiger partial charge in [0, 0.05) is 19.3 Å². The van der Waals surface area contributed by atoms with Crippen molar-refractivity contribution in [2.75, 3.05) is 7.11 Å². The zero-order valence-electron chi connectivity index (χ0n) is 18.2. The van der Waals surface area contributed by atoms with E-state index in [1.807, 2.05) is 0 Å². The highest BCUT2D eigenvalue weighted by Crippen LogP contribution is 2.65. The van der Waals surface area contributed by atoms with Gasteiger partial charge in [0.25, 0.3) is 0 Å². The Hall–Kier alpha value is -1.12. The van der Waals surface area contributed by atoms with Gasteiger partial charge in [-0.2, -0.15) is 0 Å². The molecule has 3 nitrogen and oxygen atoms in total. The van der Waals surface area contributed by atoms with Crippen LogP contribution in [0.5, 0.6) is 0 Å². The highest BCUT2D eigenvalue weighted by Gasteiger charge is 2.58. The lowest BCUT2D eigenvalue weighted by atomic mass is 9.46. The molecule has 0 radical (unpaired) electrons. The fourth-order valence-electron chi connectivity index (χ4n) is 8.01. The highest BCUT2D eigenvalue weighted by atomic mass is 16.5. The van der Waals surface area contributed by atoms with Gasteiger partial charge in [0.1, 0.15) is 5.78 Å². The summed E-state index contributed by atoms with van der Waals surface area (Å²) in [6.07, 6.45) is 14.5. The van der Waals surface area contributed by atoms with Gasteiger partial charge in [-0.1, -0.05) is 32.9 Å². The molecule has 0 unspecified atom stereocenters. The van der Waals surface area contributed by atoms with Gasteiger partial charge in [-0.25, -0.2) is 0 Å². The molecule has 0 heterocycles. The Morgan fingerprint density at radius 2 is 2.04 bits per heavy atom. The number of hydrogen-bond acceptors (Lipinski definition) is 3. The monoisotopic (exact) mass is 386 g/mol. The van der Waals surface area contributed by atoms with Crippen LogP contribution < -0.4 is 0 Å². The first-order valence-corrected chi connectivity index (χ1v) is 11.6. The molecule has 0 N–H and O–H groups in total. The van der Waals surface area contributed by atoms with Crippen molar-refractivity contribution in [2.24, 2.45) is 46.3 Å². The average molecular weight is 387 g/mol. The standard InChI is InChI=1S/C25H38O3/c1-16(5-10-23(27)28-4)20-8-9-21-19-7-6-17-15-18(26)11-13-24(17,2)22(19)12-14-25(20,21)3/h12,14,16-17,19-22H,5-11,13,15H2,1-4H3/t16-,17+,19-,20+,21-,22-,24-,25+/m0/s1. The fourth-order valence-corrected chi connectivity index (χ4v) is 8.01. The molecule has 4 rings (SSSR count). The first kappa shape index (κ1) is 20.2. The molecule has 0 saturated heterocycles. The summed E-state index contributed by atoms with van der Waals surface area (Å²) in [5, 5.41) is 0. The number of allylic oxidation sites excluding steroid dienone is 2. The smallest absolute Gasteiger partial charge is 0.305 e. The highest BCUT2D eigenvalue weighted by molar-refractivity contribution is 5.79. The molecule has 4 aliphatic rings. The third-order valence-electron chi connectivity index (χ3n) is 9.70. The van der Waals surface area contributed by atoms with E-state index in [1.54, 1.807) is 0 Å². The Balaban J connectivity index is 1.54. The second-order valence-electron chi connectivity index (χ2n) is 10.8. The van der Waals surface area contributed by atoms with Crippen LogP contribution in [0, 0.1) is 46.3 Å². The number of Topliss-reactive ketones (excluding diaryl/α,β-unsaturated/α-hetero) is 1. The summed E-state index contributed by atoms with van der Waals surface area (Å²) < 4.78 is 4.86. The van der Waals surface area contributed by atoms with Crippen molar-refractivity contribution in [1.82, 2.24) is 0 Å². The number of methoxy groups -OCH3 is 1. The number of esters is 1. The van der Waals surface area contributed by atoms with E-state index in [0.29, 0.717) is 41.3 Å².